The van der Waals surface area contributed by atoms with E-state index in [0.29, 0.717) is 17.4 Å². The van der Waals surface area contributed by atoms with E-state index < -0.39 is 0 Å². The van der Waals surface area contributed by atoms with E-state index in [1.807, 2.05) is 0 Å². The summed E-state index contributed by atoms with van der Waals surface area (Å²) < 4.78 is 0. The van der Waals surface area contributed by atoms with Crippen LogP contribution in [0.25, 0.3) is 0 Å². The van der Waals surface area contributed by atoms with Gasteiger partial charge in [0.25, 0.3) is 0 Å². The van der Waals surface area contributed by atoms with Gasteiger partial charge < -0.3 is 5.32 Å². The summed E-state index contributed by atoms with van der Waals surface area (Å²) in [5.41, 5.74) is 4.97. The number of aryl methyl sites for hydroxylation is 2. The van der Waals surface area contributed by atoms with Crippen molar-refractivity contribution < 1.29 is 0 Å². The summed E-state index contributed by atoms with van der Waals surface area (Å²) >= 11 is 0. The van der Waals surface area contributed by atoms with Crippen molar-refractivity contribution in [2.45, 2.75) is 66.3 Å². The Labute approximate surface area is 125 Å². The quantitative estimate of drug-likeness (QED) is 0.804. The monoisotopic (exact) mass is 273 g/mol. The molecule has 0 radical (unpaired) electrons. The molecule has 2 rings (SSSR count). The van der Waals surface area contributed by atoms with E-state index in [-0.39, 0.29) is 0 Å². The zero-order chi connectivity index (χ0) is 14.8. The SMILES string of the molecule is CC(NCC(C)(C)C(C)C)c1ccc2c(c1)CCCC2. The number of nitrogens with one attached hydrogen (secondary N) is 1. The van der Waals surface area contributed by atoms with Crippen molar-refractivity contribution in [2.24, 2.45) is 11.3 Å². The summed E-state index contributed by atoms with van der Waals surface area (Å²) in [6, 6.07) is 7.56. The van der Waals surface area contributed by atoms with E-state index in [2.05, 4.69) is 58.1 Å². The number of fused-ring (bicyclic) bond motifs is 1. The molecule has 0 saturated carbocycles. The van der Waals surface area contributed by atoms with Gasteiger partial charge in [-0.2, -0.15) is 0 Å². The van der Waals surface area contributed by atoms with E-state index in [0.717, 1.165) is 6.54 Å². The standard InChI is InChI=1S/C19H31N/c1-14(2)19(4,5)13-20-15(3)17-11-10-16-8-6-7-9-18(16)12-17/h10-12,14-15,20H,6-9,13H2,1-5H3. The van der Waals surface area contributed by atoms with Crippen LogP contribution in [0.3, 0.4) is 0 Å². The summed E-state index contributed by atoms with van der Waals surface area (Å²) in [6.07, 6.45) is 5.27. The Morgan fingerprint density at radius 3 is 2.35 bits per heavy atom. The van der Waals surface area contributed by atoms with Crippen LogP contribution in [0, 0.1) is 11.3 Å². The van der Waals surface area contributed by atoms with E-state index in [4.69, 9.17) is 0 Å². The Balaban J connectivity index is 2.01. The normalized spacial score (nSPS) is 17.1. The maximum absolute atomic E-state index is 3.73. The molecule has 1 aliphatic carbocycles. The number of hydrogen-bond acceptors (Lipinski definition) is 1. The summed E-state index contributed by atoms with van der Waals surface area (Å²) in [4.78, 5) is 0. The average molecular weight is 273 g/mol. The predicted octanol–water partition coefficient (Wildman–Crippen LogP) is 4.90. The van der Waals surface area contributed by atoms with Gasteiger partial charge in [0.05, 0.1) is 0 Å². The van der Waals surface area contributed by atoms with Crippen LogP contribution in [0.1, 0.15) is 70.2 Å². The van der Waals surface area contributed by atoms with Gasteiger partial charge >= 0.3 is 0 Å². The molecule has 1 atom stereocenters. The third-order valence-corrected chi connectivity index (χ3v) is 5.30. The van der Waals surface area contributed by atoms with Crippen LogP contribution in [0.15, 0.2) is 18.2 Å². The smallest absolute Gasteiger partial charge is 0.0292 e. The van der Waals surface area contributed by atoms with Crippen molar-refractivity contribution in [2.75, 3.05) is 6.54 Å². The van der Waals surface area contributed by atoms with E-state index in [1.165, 1.54) is 31.2 Å². The first-order valence-electron chi connectivity index (χ1n) is 8.25. The molecule has 0 spiro atoms. The molecule has 1 heteroatoms. The molecular weight excluding hydrogens is 242 g/mol. The fourth-order valence-electron chi connectivity index (χ4n) is 2.76. The number of rotatable bonds is 5. The molecule has 0 amide bonds. The number of hydrogen-bond donors (Lipinski definition) is 1. The molecule has 112 valence electrons. The Morgan fingerprint density at radius 2 is 1.70 bits per heavy atom. The summed E-state index contributed by atoms with van der Waals surface area (Å²) in [5.74, 6) is 0.700. The molecule has 0 saturated heterocycles. The van der Waals surface area contributed by atoms with Gasteiger partial charge in [0.15, 0.2) is 0 Å². The Morgan fingerprint density at radius 1 is 1.05 bits per heavy atom. The van der Waals surface area contributed by atoms with Gasteiger partial charge in [-0.3, -0.25) is 0 Å². The van der Waals surface area contributed by atoms with Gasteiger partial charge in [-0.15, -0.1) is 0 Å². The summed E-state index contributed by atoms with van der Waals surface area (Å²) in [7, 11) is 0. The summed E-state index contributed by atoms with van der Waals surface area (Å²) in [6.45, 7) is 12.7. The second-order valence-corrected chi connectivity index (χ2v) is 7.48. The molecule has 1 aromatic carbocycles. The van der Waals surface area contributed by atoms with Crippen LogP contribution >= 0.6 is 0 Å². The molecule has 1 N–H and O–H groups in total. The fourth-order valence-corrected chi connectivity index (χ4v) is 2.76. The van der Waals surface area contributed by atoms with Crippen molar-refractivity contribution in [3.05, 3.63) is 34.9 Å². The van der Waals surface area contributed by atoms with Crippen LogP contribution < -0.4 is 5.32 Å². The van der Waals surface area contributed by atoms with Crippen LogP contribution in [-0.4, -0.2) is 6.54 Å². The predicted molar refractivity (Wildman–Crippen MR) is 88.1 cm³/mol. The lowest BCUT2D eigenvalue weighted by Crippen LogP contribution is -2.34. The molecule has 1 unspecified atom stereocenters. The van der Waals surface area contributed by atoms with Crippen LogP contribution in [0.4, 0.5) is 0 Å². The lowest BCUT2D eigenvalue weighted by molar-refractivity contribution is 0.230. The van der Waals surface area contributed by atoms with Gasteiger partial charge in [-0.05, 0) is 60.6 Å². The second kappa shape index (κ2) is 6.30. The molecule has 0 aliphatic heterocycles. The highest BCUT2D eigenvalue weighted by molar-refractivity contribution is 5.35. The van der Waals surface area contributed by atoms with Crippen LogP contribution in [-0.2, 0) is 12.8 Å². The van der Waals surface area contributed by atoms with Crippen molar-refractivity contribution >= 4 is 0 Å². The average Bonchev–Trinajstić information content (AvgIpc) is 2.44. The van der Waals surface area contributed by atoms with Gasteiger partial charge in [0.1, 0.15) is 0 Å². The van der Waals surface area contributed by atoms with Gasteiger partial charge in [-0.25, -0.2) is 0 Å². The molecule has 1 aromatic rings. The van der Waals surface area contributed by atoms with E-state index in [1.54, 1.807) is 11.1 Å². The van der Waals surface area contributed by atoms with E-state index in [9.17, 15) is 0 Å². The minimum Gasteiger partial charge on any atom is -0.310 e. The molecule has 0 fully saturated rings. The Hall–Kier alpha value is -0.820. The first-order chi connectivity index (χ1) is 9.40. The Bertz CT molecular complexity index is 445. The topological polar surface area (TPSA) is 12.0 Å². The zero-order valence-electron chi connectivity index (χ0n) is 13.9. The van der Waals surface area contributed by atoms with Crippen molar-refractivity contribution in [1.29, 1.82) is 0 Å². The molecule has 0 bridgehead atoms. The molecule has 1 aliphatic rings. The van der Waals surface area contributed by atoms with Crippen molar-refractivity contribution in [3.63, 3.8) is 0 Å². The second-order valence-electron chi connectivity index (χ2n) is 7.48. The lowest BCUT2D eigenvalue weighted by Gasteiger charge is -2.31. The minimum absolute atomic E-state index is 0.350. The minimum atomic E-state index is 0.350. The molecule has 0 heterocycles. The van der Waals surface area contributed by atoms with Gasteiger partial charge in [0.2, 0.25) is 0 Å². The maximum Gasteiger partial charge on any atom is 0.0292 e. The van der Waals surface area contributed by atoms with E-state index >= 15 is 0 Å². The highest BCUT2D eigenvalue weighted by atomic mass is 14.9. The highest BCUT2D eigenvalue weighted by Gasteiger charge is 2.23. The van der Waals surface area contributed by atoms with Crippen LogP contribution in [0.5, 0.6) is 0 Å². The molecule has 20 heavy (non-hydrogen) atoms. The highest BCUT2D eigenvalue weighted by Crippen LogP contribution is 2.27. The van der Waals surface area contributed by atoms with Gasteiger partial charge in [-0.1, -0.05) is 45.9 Å². The zero-order valence-corrected chi connectivity index (χ0v) is 13.9. The third-order valence-electron chi connectivity index (χ3n) is 5.30. The number of benzene rings is 1. The van der Waals surface area contributed by atoms with Gasteiger partial charge in [0, 0.05) is 12.6 Å². The largest absolute Gasteiger partial charge is 0.310 e. The first-order valence-corrected chi connectivity index (χ1v) is 8.25. The Kier molecular flexibility index (Phi) is 4.90. The third kappa shape index (κ3) is 3.63. The lowest BCUT2D eigenvalue weighted by atomic mass is 9.81. The van der Waals surface area contributed by atoms with Crippen LogP contribution in [0.2, 0.25) is 0 Å². The molecular formula is C19H31N. The van der Waals surface area contributed by atoms with Crippen molar-refractivity contribution in [3.8, 4) is 0 Å². The fraction of sp³-hybridized carbons (Fsp3) is 0.684. The molecule has 1 nitrogen and oxygen atoms in total. The first kappa shape index (κ1) is 15.6. The molecule has 0 aromatic heterocycles. The summed E-state index contributed by atoms with van der Waals surface area (Å²) in [5, 5.41) is 3.73. The van der Waals surface area contributed by atoms with Crippen molar-refractivity contribution in [1.82, 2.24) is 5.32 Å². The maximum atomic E-state index is 3.73.